The molecule has 2 aromatic rings. The average Bonchev–Trinajstić information content (AvgIpc) is 2.69. The SMILES string of the molecule is Cn1cc(CCl)c(-c2ccc(OC(F)(F)F)cc2)n1. The van der Waals surface area contributed by atoms with Crippen LogP contribution in [-0.2, 0) is 12.9 Å². The van der Waals surface area contributed by atoms with Crippen molar-refractivity contribution in [2.45, 2.75) is 12.2 Å². The van der Waals surface area contributed by atoms with Gasteiger partial charge in [-0.15, -0.1) is 24.8 Å². The summed E-state index contributed by atoms with van der Waals surface area (Å²) in [5, 5.41) is 4.23. The number of ether oxygens (including phenoxy) is 1. The molecule has 0 fully saturated rings. The lowest BCUT2D eigenvalue weighted by atomic mass is 10.1. The van der Waals surface area contributed by atoms with Crippen molar-refractivity contribution >= 4 is 11.6 Å². The molecule has 1 heterocycles. The van der Waals surface area contributed by atoms with Crippen LogP contribution >= 0.6 is 11.6 Å². The fourth-order valence-electron chi connectivity index (χ4n) is 1.69. The summed E-state index contributed by atoms with van der Waals surface area (Å²) in [4.78, 5) is 0. The van der Waals surface area contributed by atoms with Crippen LogP contribution < -0.4 is 4.74 Å². The van der Waals surface area contributed by atoms with Crippen LogP contribution in [0, 0.1) is 0 Å². The van der Waals surface area contributed by atoms with Gasteiger partial charge >= 0.3 is 6.36 Å². The molecule has 1 aromatic heterocycles. The van der Waals surface area contributed by atoms with Crippen LogP contribution in [0.3, 0.4) is 0 Å². The minimum atomic E-state index is -4.69. The standard InChI is InChI=1S/C12H10ClF3N2O/c1-18-7-9(6-13)11(17-18)8-2-4-10(5-3-8)19-12(14,15)16/h2-5,7H,6H2,1H3. The zero-order valence-corrected chi connectivity index (χ0v) is 10.7. The maximum Gasteiger partial charge on any atom is 0.573 e. The molecule has 0 N–H and O–H groups in total. The largest absolute Gasteiger partial charge is 0.573 e. The molecule has 0 bridgehead atoms. The van der Waals surface area contributed by atoms with E-state index in [-0.39, 0.29) is 11.6 Å². The predicted molar refractivity (Wildman–Crippen MR) is 64.9 cm³/mol. The van der Waals surface area contributed by atoms with Crippen LogP contribution in [0.5, 0.6) is 5.75 Å². The first kappa shape index (κ1) is 13.7. The Morgan fingerprint density at radius 1 is 1.26 bits per heavy atom. The van der Waals surface area contributed by atoms with Crippen molar-refractivity contribution in [2.75, 3.05) is 0 Å². The summed E-state index contributed by atoms with van der Waals surface area (Å²) in [6.07, 6.45) is -2.92. The molecule has 2 rings (SSSR count). The summed E-state index contributed by atoms with van der Waals surface area (Å²) in [6.45, 7) is 0. The molecule has 0 amide bonds. The number of benzene rings is 1. The molecule has 19 heavy (non-hydrogen) atoms. The maximum atomic E-state index is 12.0. The first-order valence-electron chi connectivity index (χ1n) is 5.34. The van der Waals surface area contributed by atoms with Gasteiger partial charge < -0.3 is 4.74 Å². The Morgan fingerprint density at radius 2 is 1.89 bits per heavy atom. The lowest BCUT2D eigenvalue weighted by Gasteiger charge is -2.09. The smallest absolute Gasteiger partial charge is 0.406 e. The molecular weight excluding hydrogens is 281 g/mol. The lowest BCUT2D eigenvalue weighted by molar-refractivity contribution is -0.274. The van der Waals surface area contributed by atoms with Crippen LogP contribution in [-0.4, -0.2) is 16.1 Å². The number of rotatable bonds is 3. The Bertz CT molecular complexity index is 563. The third-order valence-electron chi connectivity index (χ3n) is 2.41. The highest BCUT2D eigenvalue weighted by Gasteiger charge is 2.31. The van der Waals surface area contributed by atoms with E-state index >= 15 is 0 Å². The van der Waals surface area contributed by atoms with Gasteiger partial charge in [-0.05, 0) is 24.3 Å². The fraction of sp³-hybridized carbons (Fsp3) is 0.250. The quantitative estimate of drug-likeness (QED) is 0.806. The van der Waals surface area contributed by atoms with Gasteiger partial charge in [-0.1, -0.05) is 0 Å². The first-order chi connectivity index (χ1) is 8.89. The Hall–Kier alpha value is -1.69. The van der Waals surface area contributed by atoms with Crippen LogP contribution in [0.2, 0.25) is 0 Å². The van der Waals surface area contributed by atoms with Crippen molar-refractivity contribution in [1.82, 2.24) is 9.78 Å². The molecular formula is C12H10ClF3N2O. The molecule has 1 aromatic carbocycles. The Balaban J connectivity index is 2.27. The van der Waals surface area contributed by atoms with E-state index < -0.39 is 6.36 Å². The molecule has 0 unspecified atom stereocenters. The second-order valence-corrected chi connectivity index (χ2v) is 4.15. The molecule has 0 saturated heterocycles. The predicted octanol–water partition coefficient (Wildman–Crippen LogP) is 3.72. The minimum Gasteiger partial charge on any atom is -0.406 e. The Labute approximate surface area is 112 Å². The van der Waals surface area contributed by atoms with Gasteiger partial charge in [0.25, 0.3) is 0 Å². The van der Waals surface area contributed by atoms with E-state index in [4.69, 9.17) is 11.6 Å². The van der Waals surface area contributed by atoms with E-state index in [1.807, 2.05) is 0 Å². The van der Waals surface area contributed by atoms with Gasteiger partial charge in [0, 0.05) is 24.4 Å². The number of alkyl halides is 4. The molecule has 0 aliphatic heterocycles. The normalized spacial score (nSPS) is 11.6. The van der Waals surface area contributed by atoms with Crippen molar-refractivity contribution in [3.05, 3.63) is 36.0 Å². The zero-order valence-electron chi connectivity index (χ0n) is 9.91. The van der Waals surface area contributed by atoms with Crippen LogP contribution in [0.25, 0.3) is 11.3 Å². The Morgan fingerprint density at radius 3 is 2.42 bits per heavy atom. The van der Waals surface area contributed by atoms with Gasteiger partial charge in [-0.2, -0.15) is 5.10 Å². The van der Waals surface area contributed by atoms with Gasteiger partial charge in [-0.3, -0.25) is 4.68 Å². The highest BCUT2D eigenvalue weighted by Crippen LogP contribution is 2.27. The number of aromatic nitrogens is 2. The molecule has 0 aliphatic rings. The lowest BCUT2D eigenvalue weighted by Crippen LogP contribution is -2.16. The summed E-state index contributed by atoms with van der Waals surface area (Å²) in [5.41, 5.74) is 2.15. The summed E-state index contributed by atoms with van der Waals surface area (Å²) in [7, 11) is 1.75. The Kier molecular flexibility index (Phi) is 3.71. The van der Waals surface area contributed by atoms with Crippen molar-refractivity contribution in [1.29, 1.82) is 0 Å². The first-order valence-corrected chi connectivity index (χ1v) is 5.87. The molecule has 0 atom stereocenters. The van der Waals surface area contributed by atoms with Gasteiger partial charge in [-0.25, -0.2) is 0 Å². The van der Waals surface area contributed by atoms with E-state index in [0.29, 0.717) is 11.3 Å². The van der Waals surface area contributed by atoms with Crippen LogP contribution in [0.15, 0.2) is 30.5 Å². The molecule has 0 aliphatic carbocycles. The number of hydrogen-bond acceptors (Lipinski definition) is 2. The van der Waals surface area contributed by atoms with Crippen molar-refractivity contribution in [2.24, 2.45) is 7.05 Å². The van der Waals surface area contributed by atoms with Crippen molar-refractivity contribution < 1.29 is 17.9 Å². The minimum absolute atomic E-state index is 0.264. The second kappa shape index (κ2) is 5.13. The number of hydrogen-bond donors (Lipinski definition) is 0. The number of nitrogens with zero attached hydrogens (tertiary/aromatic N) is 2. The van der Waals surface area contributed by atoms with Gasteiger partial charge in [0.2, 0.25) is 0 Å². The molecule has 3 nitrogen and oxygen atoms in total. The molecule has 0 radical (unpaired) electrons. The second-order valence-electron chi connectivity index (χ2n) is 3.88. The zero-order chi connectivity index (χ0) is 14.0. The van der Waals surface area contributed by atoms with Crippen molar-refractivity contribution in [3.63, 3.8) is 0 Å². The van der Waals surface area contributed by atoms with E-state index in [1.54, 1.807) is 17.9 Å². The van der Waals surface area contributed by atoms with Gasteiger partial charge in [0.1, 0.15) is 5.75 Å². The number of halogens is 4. The molecule has 102 valence electrons. The molecule has 0 spiro atoms. The topological polar surface area (TPSA) is 27.1 Å². The average molecular weight is 291 g/mol. The van der Waals surface area contributed by atoms with E-state index in [9.17, 15) is 13.2 Å². The maximum absolute atomic E-state index is 12.0. The van der Waals surface area contributed by atoms with Crippen molar-refractivity contribution in [3.8, 4) is 17.0 Å². The molecule has 0 saturated carbocycles. The fourth-order valence-corrected chi connectivity index (χ4v) is 1.89. The van der Waals surface area contributed by atoms with E-state index in [2.05, 4.69) is 9.84 Å². The number of aryl methyl sites for hydroxylation is 1. The van der Waals surface area contributed by atoms with E-state index in [1.165, 1.54) is 24.3 Å². The third kappa shape index (κ3) is 3.41. The summed E-state index contributed by atoms with van der Waals surface area (Å²) in [6, 6.07) is 5.52. The highest BCUT2D eigenvalue weighted by atomic mass is 35.5. The van der Waals surface area contributed by atoms with Gasteiger partial charge in [0.05, 0.1) is 11.6 Å². The summed E-state index contributed by atoms with van der Waals surface area (Å²) < 4.78 is 41.5. The molecule has 7 heteroatoms. The van der Waals surface area contributed by atoms with Gasteiger partial charge in [0.15, 0.2) is 0 Å². The van der Waals surface area contributed by atoms with E-state index in [0.717, 1.165) is 5.56 Å². The summed E-state index contributed by atoms with van der Waals surface area (Å²) in [5.74, 6) is 0.0175. The highest BCUT2D eigenvalue weighted by molar-refractivity contribution is 6.17. The summed E-state index contributed by atoms with van der Waals surface area (Å²) >= 11 is 5.79. The van der Waals surface area contributed by atoms with Crippen LogP contribution in [0.1, 0.15) is 5.56 Å². The monoisotopic (exact) mass is 290 g/mol. The third-order valence-corrected chi connectivity index (χ3v) is 2.70. The van der Waals surface area contributed by atoms with Crippen LogP contribution in [0.4, 0.5) is 13.2 Å².